The summed E-state index contributed by atoms with van der Waals surface area (Å²) in [5.74, 6) is 1.78. The largest absolute Gasteiger partial charge is 0.508 e. The third kappa shape index (κ3) is 10.5. The molecule has 0 aliphatic rings. The number of benzene rings is 1. The molecule has 1 nitrogen and oxygen atoms in total. The molecular weight excluding hydrogens is 340 g/mol. The molecule has 1 N–H and O–H groups in total. The van der Waals surface area contributed by atoms with E-state index in [0.717, 1.165) is 5.92 Å². The van der Waals surface area contributed by atoms with E-state index in [4.69, 9.17) is 0 Å². The van der Waals surface area contributed by atoms with E-state index in [1.165, 1.54) is 108 Å². The van der Waals surface area contributed by atoms with Crippen molar-refractivity contribution in [3.8, 4) is 5.75 Å². The van der Waals surface area contributed by atoms with Crippen LogP contribution in [0.1, 0.15) is 135 Å². The highest BCUT2D eigenvalue weighted by molar-refractivity contribution is 5.35. The first-order chi connectivity index (χ1) is 13.7. The van der Waals surface area contributed by atoms with Gasteiger partial charge in [-0.2, -0.15) is 0 Å². The molecule has 0 bridgehead atoms. The molecule has 0 fully saturated rings. The van der Waals surface area contributed by atoms with Gasteiger partial charge in [-0.25, -0.2) is 0 Å². The Hall–Kier alpha value is -0.980. The maximum Gasteiger partial charge on any atom is 0.119 e. The molecule has 0 spiro atoms. The summed E-state index contributed by atoms with van der Waals surface area (Å²) >= 11 is 0. The van der Waals surface area contributed by atoms with Gasteiger partial charge in [-0.1, -0.05) is 122 Å². The SMILES string of the molecule is CCCCCCCCC(c1ccccc1O)C(CCCCC)CCCCCC. The minimum Gasteiger partial charge on any atom is -0.508 e. The van der Waals surface area contributed by atoms with Crippen LogP contribution in [0.15, 0.2) is 24.3 Å². The Morgan fingerprint density at radius 1 is 0.607 bits per heavy atom. The summed E-state index contributed by atoms with van der Waals surface area (Å²) in [6.45, 7) is 6.88. The van der Waals surface area contributed by atoms with Crippen molar-refractivity contribution < 1.29 is 5.11 Å². The maximum atomic E-state index is 10.6. The zero-order valence-corrected chi connectivity index (χ0v) is 19.2. The van der Waals surface area contributed by atoms with Crippen molar-refractivity contribution in [2.45, 2.75) is 129 Å². The van der Waals surface area contributed by atoms with Gasteiger partial charge < -0.3 is 5.11 Å². The summed E-state index contributed by atoms with van der Waals surface area (Å²) in [5, 5.41) is 10.6. The predicted octanol–water partition coefficient (Wildman–Crippen LogP) is 9.39. The Balaban J connectivity index is 2.77. The predicted molar refractivity (Wildman–Crippen MR) is 125 cm³/mol. The first-order valence-corrected chi connectivity index (χ1v) is 12.5. The van der Waals surface area contributed by atoms with Crippen molar-refractivity contribution in [1.82, 2.24) is 0 Å². The lowest BCUT2D eigenvalue weighted by Crippen LogP contribution is -2.14. The summed E-state index contributed by atoms with van der Waals surface area (Å²) in [6, 6.07) is 8.16. The van der Waals surface area contributed by atoms with Gasteiger partial charge in [0.15, 0.2) is 0 Å². The molecule has 162 valence electrons. The second-order valence-electron chi connectivity index (χ2n) is 8.83. The van der Waals surface area contributed by atoms with Gasteiger partial charge in [-0.05, 0) is 42.7 Å². The van der Waals surface area contributed by atoms with Crippen LogP contribution in [0.2, 0.25) is 0 Å². The van der Waals surface area contributed by atoms with Crippen molar-refractivity contribution in [2.24, 2.45) is 5.92 Å². The molecule has 0 heterocycles. The molecule has 1 aromatic carbocycles. The third-order valence-corrected chi connectivity index (χ3v) is 6.38. The lowest BCUT2D eigenvalue weighted by atomic mass is 9.76. The van der Waals surface area contributed by atoms with E-state index in [9.17, 15) is 5.11 Å². The molecular formula is C27H48O. The van der Waals surface area contributed by atoms with Crippen LogP contribution in [-0.4, -0.2) is 5.11 Å². The second-order valence-corrected chi connectivity index (χ2v) is 8.83. The highest BCUT2D eigenvalue weighted by Crippen LogP contribution is 2.40. The molecule has 2 atom stereocenters. The Bertz CT molecular complexity index is 467. The molecule has 28 heavy (non-hydrogen) atoms. The Labute approximate surface area is 176 Å². The Kier molecular flexibility index (Phi) is 15.1. The van der Waals surface area contributed by atoms with Crippen molar-refractivity contribution >= 4 is 0 Å². The third-order valence-electron chi connectivity index (χ3n) is 6.38. The van der Waals surface area contributed by atoms with Gasteiger partial charge in [0.2, 0.25) is 0 Å². The van der Waals surface area contributed by atoms with E-state index in [-0.39, 0.29) is 0 Å². The van der Waals surface area contributed by atoms with Gasteiger partial charge in [-0.15, -0.1) is 0 Å². The number of aromatic hydroxyl groups is 1. The minimum absolute atomic E-state index is 0.521. The van der Waals surface area contributed by atoms with Crippen molar-refractivity contribution in [3.63, 3.8) is 0 Å². The van der Waals surface area contributed by atoms with Crippen LogP contribution in [0.3, 0.4) is 0 Å². The fraction of sp³-hybridized carbons (Fsp3) is 0.778. The smallest absolute Gasteiger partial charge is 0.119 e. The van der Waals surface area contributed by atoms with E-state index in [1.54, 1.807) is 0 Å². The van der Waals surface area contributed by atoms with Crippen LogP contribution in [-0.2, 0) is 0 Å². The van der Waals surface area contributed by atoms with Crippen LogP contribution in [0.4, 0.5) is 0 Å². The first kappa shape index (κ1) is 25.1. The number of hydrogen-bond donors (Lipinski definition) is 1. The van der Waals surface area contributed by atoms with E-state index < -0.39 is 0 Å². The van der Waals surface area contributed by atoms with Gasteiger partial charge in [0, 0.05) is 0 Å². The monoisotopic (exact) mass is 388 g/mol. The average Bonchev–Trinajstić information content (AvgIpc) is 2.70. The van der Waals surface area contributed by atoms with E-state index >= 15 is 0 Å². The number of phenolic OH excluding ortho intramolecular Hbond substituents is 1. The molecule has 0 aromatic heterocycles. The molecule has 1 heteroatoms. The lowest BCUT2D eigenvalue weighted by Gasteiger charge is -2.29. The summed E-state index contributed by atoms with van der Waals surface area (Å²) in [6.07, 6.45) is 21.4. The molecule has 1 rings (SSSR count). The Morgan fingerprint density at radius 2 is 1.07 bits per heavy atom. The molecule has 0 saturated carbocycles. The fourth-order valence-electron chi connectivity index (χ4n) is 4.63. The number of phenols is 1. The maximum absolute atomic E-state index is 10.6. The summed E-state index contributed by atoms with van der Waals surface area (Å²) in [7, 11) is 0. The van der Waals surface area contributed by atoms with Gasteiger partial charge in [-0.3, -0.25) is 0 Å². The standard InChI is InChI=1S/C27H48O/c1-4-7-10-12-13-16-21-25(26-22-17-18-23-27(26)28)24(19-14-9-6-3)20-15-11-8-5-2/h17-18,22-25,28H,4-16,19-21H2,1-3H3. The van der Waals surface area contributed by atoms with Crippen molar-refractivity contribution in [1.29, 1.82) is 0 Å². The summed E-state index contributed by atoms with van der Waals surface area (Å²) in [5.41, 5.74) is 1.22. The topological polar surface area (TPSA) is 20.2 Å². The fourth-order valence-corrected chi connectivity index (χ4v) is 4.63. The number of hydrogen-bond acceptors (Lipinski definition) is 1. The van der Waals surface area contributed by atoms with E-state index in [0.29, 0.717) is 11.7 Å². The van der Waals surface area contributed by atoms with Crippen LogP contribution >= 0.6 is 0 Å². The number of para-hydroxylation sites is 1. The van der Waals surface area contributed by atoms with Gasteiger partial charge in [0.05, 0.1) is 0 Å². The van der Waals surface area contributed by atoms with Gasteiger partial charge in [0.25, 0.3) is 0 Å². The lowest BCUT2D eigenvalue weighted by molar-refractivity contribution is 0.315. The highest BCUT2D eigenvalue weighted by atomic mass is 16.3. The van der Waals surface area contributed by atoms with Gasteiger partial charge in [0.1, 0.15) is 5.75 Å². The number of unbranched alkanes of at least 4 members (excludes halogenated alkanes) is 10. The van der Waals surface area contributed by atoms with Crippen LogP contribution in [0.5, 0.6) is 5.75 Å². The molecule has 0 aliphatic heterocycles. The van der Waals surface area contributed by atoms with Crippen LogP contribution in [0.25, 0.3) is 0 Å². The summed E-state index contributed by atoms with van der Waals surface area (Å²) < 4.78 is 0. The van der Waals surface area contributed by atoms with E-state index in [2.05, 4.69) is 32.9 Å². The molecule has 0 amide bonds. The first-order valence-electron chi connectivity index (χ1n) is 12.5. The van der Waals surface area contributed by atoms with Crippen LogP contribution < -0.4 is 0 Å². The second kappa shape index (κ2) is 16.9. The molecule has 2 unspecified atom stereocenters. The molecule has 0 aliphatic carbocycles. The quantitative estimate of drug-likeness (QED) is 0.248. The van der Waals surface area contributed by atoms with Gasteiger partial charge >= 0.3 is 0 Å². The summed E-state index contributed by atoms with van der Waals surface area (Å²) in [4.78, 5) is 0. The molecule has 0 radical (unpaired) electrons. The normalized spacial score (nSPS) is 13.5. The highest BCUT2D eigenvalue weighted by Gasteiger charge is 2.24. The Morgan fingerprint density at radius 3 is 1.71 bits per heavy atom. The van der Waals surface area contributed by atoms with Crippen molar-refractivity contribution in [2.75, 3.05) is 0 Å². The minimum atomic E-state index is 0.521. The zero-order chi connectivity index (χ0) is 20.5. The average molecular weight is 389 g/mol. The van der Waals surface area contributed by atoms with Crippen molar-refractivity contribution in [3.05, 3.63) is 29.8 Å². The zero-order valence-electron chi connectivity index (χ0n) is 19.2. The number of rotatable bonds is 18. The van der Waals surface area contributed by atoms with Crippen LogP contribution in [0, 0.1) is 5.92 Å². The molecule has 0 saturated heterocycles. The van der Waals surface area contributed by atoms with E-state index in [1.807, 2.05) is 12.1 Å². The molecule has 1 aromatic rings.